The average Bonchev–Trinajstić information content (AvgIpc) is 3.06. The molecule has 0 N–H and O–H groups in total. The molecule has 4 rings (SSSR count). The van der Waals surface area contributed by atoms with Crippen LogP contribution in [0.2, 0.25) is 0 Å². The van der Waals surface area contributed by atoms with E-state index in [2.05, 4.69) is 15.9 Å². The summed E-state index contributed by atoms with van der Waals surface area (Å²) in [6.07, 6.45) is 1.80. The molecule has 0 unspecified atom stereocenters. The van der Waals surface area contributed by atoms with Gasteiger partial charge in [0.2, 0.25) is 0 Å². The van der Waals surface area contributed by atoms with Crippen molar-refractivity contribution >= 4 is 67.6 Å². The molecule has 0 aliphatic carbocycles. The minimum absolute atomic E-state index is 0.0389. The van der Waals surface area contributed by atoms with Crippen LogP contribution in [0.4, 0.5) is 11.4 Å². The summed E-state index contributed by atoms with van der Waals surface area (Å²) >= 11 is 10.2. The first-order valence-corrected chi connectivity index (χ1v) is 11.4. The highest BCUT2D eigenvalue weighted by Gasteiger charge is 2.33. The lowest BCUT2D eigenvalue weighted by Crippen LogP contribution is -2.27. The van der Waals surface area contributed by atoms with Crippen LogP contribution >= 0.6 is 39.9 Å². The standard InChI is InChI=1S/C23H15BrN2O4S2/c24-19-12-16(8-11-20(19)30-14-15-6-9-18(10-7-15)26(28)29)13-21-22(27)25(23(31)32-21)17-4-2-1-3-5-17/h1-13H,14H2/b21-13+. The number of non-ortho nitro benzene ring substituents is 1. The minimum Gasteiger partial charge on any atom is -0.488 e. The molecule has 0 aromatic heterocycles. The molecule has 3 aromatic rings. The lowest BCUT2D eigenvalue weighted by molar-refractivity contribution is -0.384. The fourth-order valence-electron chi connectivity index (χ4n) is 3.02. The first-order valence-electron chi connectivity index (χ1n) is 9.41. The second kappa shape index (κ2) is 9.64. The van der Waals surface area contributed by atoms with Gasteiger partial charge in [-0.1, -0.05) is 48.2 Å². The van der Waals surface area contributed by atoms with Crippen molar-refractivity contribution in [2.45, 2.75) is 6.61 Å². The number of carbonyl (C=O) groups is 1. The van der Waals surface area contributed by atoms with Gasteiger partial charge >= 0.3 is 0 Å². The fraction of sp³-hybridized carbons (Fsp3) is 0.0435. The minimum atomic E-state index is -0.437. The molecule has 1 heterocycles. The number of halogens is 1. The molecule has 1 fully saturated rings. The maximum absolute atomic E-state index is 12.9. The maximum Gasteiger partial charge on any atom is 0.270 e. The lowest BCUT2D eigenvalue weighted by Gasteiger charge is -2.13. The number of carbonyl (C=O) groups excluding carboxylic acids is 1. The number of nitro benzene ring substituents is 1. The van der Waals surface area contributed by atoms with Gasteiger partial charge in [-0.3, -0.25) is 19.8 Å². The molecule has 0 atom stereocenters. The van der Waals surface area contributed by atoms with Crippen LogP contribution < -0.4 is 9.64 Å². The molecule has 9 heteroatoms. The first kappa shape index (κ1) is 22.2. The molecular formula is C23H15BrN2O4S2. The molecular weight excluding hydrogens is 512 g/mol. The Morgan fingerprint density at radius 1 is 1.09 bits per heavy atom. The summed E-state index contributed by atoms with van der Waals surface area (Å²) in [5.74, 6) is 0.471. The number of ether oxygens (including phenoxy) is 1. The Kier molecular flexibility index (Phi) is 6.69. The average molecular weight is 527 g/mol. The Bertz CT molecular complexity index is 1230. The third-order valence-electron chi connectivity index (χ3n) is 4.60. The van der Waals surface area contributed by atoms with Gasteiger partial charge in [0.05, 0.1) is 20.0 Å². The van der Waals surface area contributed by atoms with Crippen LogP contribution in [-0.4, -0.2) is 15.2 Å². The van der Waals surface area contributed by atoms with Crippen molar-refractivity contribution in [1.82, 2.24) is 0 Å². The van der Waals surface area contributed by atoms with Gasteiger partial charge < -0.3 is 4.74 Å². The molecule has 1 aliphatic rings. The predicted molar refractivity (Wildman–Crippen MR) is 134 cm³/mol. The van der Waals surface area contributed by atoms with Gasteiger partial charge in [-0.2, -0.15) is 0 Å². The van der Waals surface area contributed by atoms with E-state index in [0.29, 0.717) is 15.0 Å². The monoisotopic (exact) mass is 526 g/mol. The predicted octanol–water partition coefficient (Wildman–Crippen LogP) is 6.34. The van der Waals surface area contributed by atoms with Gasteiger partial charge in [0.1, 0.15) is 12.4 Å². The lowest BCUT2D eigenvalue weighted by atomic mass is 10.2. The van der Waals surface area contributed by atoms with Crippen LogP contribution in [0.25, 0.3) is 6.08 Å². The number of amides is 1. The Labute approximate surface area is 202 Å². The zero-order valence-corrected chi connectivity index (χ0v) is 19.7. The molecule has 1 amide bonds. The quantitative estimate of drug-likeness (QED) is 0.161. The Balaban J connectivity index is 1.46. The van der Waals surface area contributed by atoms with Crippen LogP contribution in [0.1, 0.15) is 11.1 Å². The first-order chi connectivity index (χ1) is 15.4. The number of para-hydroxylation sites is 1. The second-order valence-electron chi connectivity index (χ2n) is 6.75. The molecule has 3 aromatic carbocycles. The van der Waals surface area contributed by atoms with Crippen molar-refractivity contribution in [2.24, 2.45) is 0 Å². The topological polar surface area (TPSA) is 72.7 Å². The van der Waals surface area contributed by atoms with Gasteiger partial charge in [-0.25, -0.2) is 0 Å². The van der Waals surface area contributed by atoms with E-state index in [1.807, 2.05) is 42.5 Å². The number of hydrogen-bond donors (Lipinski definition) is 0. The highest BCUT2D eigenvalue weighted by molar-refractivity contribution is 9.10. The Morgan fingerprint density at radius 2 is 1.81 bits per heavy atom. The maximum atomic E-state index is 12.9. The number of nitrogens with zero attached hydrogens (tertiary/aromatic N) is 2. The number of hydrogen-bond acceptors (Lipinski definition) is 6. The van der Waals surface area contributed by atoms with Crippen molar-refractivity contribution in [3.63, 3.8) is 0 Å². The number of nitro groups is 1. The van der Waals surface area contributed by atoms with E-state index in [1.165, 1.54) is 28.8 Å². The van der Waals surface area contributed by atoms with E-state index in [0.717, 1.165) is 21.3 Å². The molecule has 6 nitrogen and oxygen atoms in total. The van der Waals surface area contributed by atoms with E-state index < -0.39 is 4.92 Å². The summed E-state index contributed by atoms with van der Waals surface area (Å²) in [5.41, 5.74) is 2.43. The van der Waals surface area contributed by atoms with E-state index in [-0.39, 0.29) is 18.2 Å². The van der Waals surface area contributed by atoms with Gasteiger partial charge in [-0.15, -0.1) is 0 Å². The number of anilines is 1. The Hall–Kier alpha value is -3.01. The molecule has 0 radical (unpaired) electrons. The van der Waals surface area contributed by atoms with Crippen molar-refractivity contribution in [3.05, 3.63) is 103 Å². The Morgan fingerprint density at radius 3 is 2.47 bits per heavy atom. The summed E-state index contributed by atoms with van der Waals surface area (Å²) in [7, 11) is 0. The normalized spacial score (nSPS) is 14.8. The molecule has 32 heavy (non-hydrogen) atoms. The second-order valence-corrected chi connectivity index (χ2v) is 9.28. The van der Waals surface area contributed by atoms with Gasteiger partial charge in [0.15, 0.2) is 4.32 Å². The van der Waals surface area contributed by atoms with Crippen molar-refractivity contribution in [2.75, 3.05) is 4.90 Å². The van der Waals surface area contributed by atoms with Crippen molar-refractivity contribution < 1.29 is 14.5 Å². The third kappa shape index (κ3) is 4.90. The van der Waals surface area contributed by atoms with Gasteiger partial charge in [0, 0.05) is 12.1 Å². The van der Waals surface area contributed by atoms with E-state index in [9.17, 15) is 14.9 Å². The van der Waals surface area contributed by atoms with E-state index in [4.69, 9.17) is 17.0 Å². The zero-order valence-electron chi connectivity index (χ0n) is 16.4. The van der Waals surface area contributed by atoms with Crippen LogP contribution in [0.5, 0.6) is 5.75 Å². The summed E-state index contributed by atoms with van der Waals surface area (Å²) in [4.78, 5) is 25.3. The molecule has 0 spiro atoms. The van der Waals surface area contributed by atoms with E-state index in [1.54, 1.807) is 24.3 Å². The molecule has 1 saturated heterocycles. The van der Waals surface area contributed by atoms with E-state index >= 15 is 0 Å². The van der Waals surface area contributed by atoms with Crippen LogP contribution in [0.15, 0.2) is 82.2 Å². The molecule has 1 aliphatic heterocycles. The van der Waals surface area contributed by atoms with Crippen molar-refractivity contribution in [1.29, 1.82) is 0 Å². The van der Waals surface area contributed by atoms with Crippen molar-refractivity contribution in [3.8, 4) is 5.75 Å². The highest BCUT2D eigenvalue weighted by atomic mass is 79.9. The van der Waals surface area contributed by atoms with Crippen LogP contribution in [0.3, 0.4) is 0 Å². The van der Waals surface area contributed by atoms with Gasteiger partial charge in [-0.05, 0) is 69.5 Å². The fourth-order valence-corrected chi connectivity index (χ4v) is 4.83. The van der Waals surface area contributed by atoms with Crippen LogP contribution in [-0.2, 0) is 11.4 Å². The number of thiocarbonyl (C=S) groups is 1. The van der Waals surface area contributed by atoms with Crippen LogP contribution in [0, 0.1) is 10.1 Å². The SMILES string of the molecule is O=C1/C(=C\c2ccc(OCc3ccc([N+](=O)[O-])cc3)c(Br)c2)SC(=S)N1c1ccccc1. The number of benzene rings is 3. The highest BCUT2D eigenvalue weighted by Crippen LogP contribution is 2.36. The summed E-state index contributed by atoms with van der Waals surface area (Å²) in [5, 5.41) is 10.8. The summed E-state index contributed by atoms with van der Waals surface area (Å²) < 4.78 is 7.05. The number of rotatable bonds is 6. The third-order valence-corrected chi connectivity index (χ3v) is 6.53. The van der Waals surface area contributed by atoms with Gasteiger partial charge in [0.25, 0.3) is 11.6 Å². The molecule has 0 bridgehead atoms. The molecule has 0 saturated carbocycles. The zero-order chi connectivity index (χ0) is 22.7. The molecule has 160 valence electrons. The smallest absolute Gasteiger partial charge is 0.270 e. The number of thioether (sulfide) groups is 1. The summed E-state index contributed by atoms with van der Waals surface area (Å²) in [6.45, 7) is 0.270. The summed E-state index contributed by atoms with van der Waals surface area (Å²) in [6, 6.07) is 21.1. The largest absolute Gasteiger partial charge is 0.488 e.